The van der Waals surface area contributed by atoms with Crippen LogP contribution in [0.5, 0.6) is 0 Å². The Bertz CT molecular complexity index is 592. The first kappa shape index (κ1) is 14.9. The zero-order valence-corrected chi connectivity index (χ0v) is 14.1. The Morgan fingerprint density at radius 1 is 1.43 bits per heavy atom. The molecule has 2 heterocycles. The molecule has 0 aliphatic heterocycles. The summed E-state index contributed by atoms with van der Waals surface area (Å²) in [5, 5.41) is 2.10. The zero-order valence-electron chi connectivity index (χ0n) is 13.2. The van der Waals surface area contributed by atoms with Gasteiger partial charge in [-0.05, 0) is 38.5 Å². The molecular formula is C16H26N4S. The minimum atomic E-state index is 0.156. The summed E-state index contributed by atoms with van der Waals surface area (Å²) in [7, 11) is 2.21. The molecule has 2 aromatic rings. The van der Waals surface area contributed by atoms with Crippen LogP contribution in [0, 0.1) is 5.92 Å². The van der Waals surface area contributed by atoms with Crippen molar-refractivity contribution in [3.63, 3.8) is 0 Å². The van der Waals surface area contributed by atoms with E-state index >= 15 is 0 Å². The quantitative estimate of drug-likeness (QED) is 0.942. The number of rotatable bonds is 4. The number of thiazole rings is 1. The predicted molar refractivity (Wildman–Crippen MR) is 90.2 cm³/mol. The van der Waals surface area contributed by atoms with Crippen LogP contribution < -0.4 is 10.6 Å². The van der Waals surface area contributed by atoms with Crippen LogP contribution in [0.1, 0.15) is 45.2 Å². The Hall–Kier alpha value is -1.07. The van der Waals surface area contributed by atoms with Crippen molar-refractivity contribution in [2.75, 3.05) is 11.9 Å². The second-order valence-corrected chi connectivity index (χ2v) is 7.52. The van der Waals surface area contributed by atoms with Gasteiger partial charge in [0, 0.05) is 37.1 Å². The molecule has 0 amide bonds. The maximum Gasteiger partial charge on any atom is 0.195 e. The first-order valence-electron chi connectivity index (χ1n) is 7.99. The topological polar surface area (TPSA) is 46.6 Å². The second kappa shape index (κ2) is 5.97. The van der Waals surface area contributed by atoms with Gasteiger partial charge >= 0.3 is 0 Å². The lowest BCUT2D eigenvalue weighted by molar-refractivity contribution is 0.340. The number of fused-ring (bicyclic) bond motifs is 1. The van der Waals surface area contributed by atoms with Gasteiger partial charge in [0.1, 0.15) is 0 Å². The van der Waals surface area contributed by atoms with Gasteiger partial charge in [-0.2, -0.15) is 0 Å². The zero-order chi connectivity index (χ0) is 15.0. The first-order valence-corrected chi connectivity index (χ1v) is 8.87. The molecule has 1 aliphatic rings. The van der Waals surface area contributed by atoms with E-state index in [1.165, 1.54) is 31.4 Å². The second-order valence-electron chi connectivity index (χ2n) is 6.64. The van der Waals surface area contributed by atoms with Crippen molar-refractivity contribution in [1.29, 1.82) is 0 Å². The van der Waals surface area contributed by atoms with Gasteiger partial charge in [-0.15, -0.1) is 11.3 Å². The molecule has 1 fully saturated rings. The molecule has 4 nitrogen and oxygen atoms in total. The van der Waals surface area contributed by atoms with E-state index in [-0.39, 0.29) is 6.04 Å². The first-order chi connectivity index (χ1) is 10.1. The standard InChI is InChI=1S/C16H26N4S/c1-11-4-6-13(7-5-11)19(3)15-14(10-12(2)17)20-8-9-21-16(20)18-15/h8-9,11-13H,4-7,10,17H2,1-3H3. The third-order valence-electron chi connectivity index (χ3n) is 4.72. The highest BCUT2D eigenvalue weighted by Crippen LogP contribution is 2.32. The molecule has 1 aliphatic carbocycles. The Morgan fingerprint density at radius 3 is 2.81 bits per heavy atom. The van der Waals surface area contributed by atoms with Gasteiger partial charge in [0.2, 0.25) is 0 Å². The summed E-state index contributed by atoms with van der Waals surface area (Å²) in [6.07, 6.45) is 8.21. The summed E-state index contributed by atoms with van der Waals surface area (Å²) in [5.74, 6) is 2.02. The van der Waals surface area contributed by atoms with E-state index in [0.29, 0.717) is 6.04 Å². The van der Waals surface area contributed by atoms with Crippen LogP contribution in [-0.4, -0.2) is 28.5 Å². The Labute approximate surface area is 131 Å². The SMILES string of the molecule is CC(N)Cc1c(N(C)C2CCC(C)CC2)nc2sccn12. The fourth-order valence-electron chi connectivity index (χ4n) is 3.40. The van der Waals surface area contributed by atoms with Crippen LogP contribution in [-0.2, 0) is 6.42 Å². The Kier molecular flexibility index (Phi) is 4.22. The summed E-state index contributed by atoms with van der Waals surface area (Å²) in [6, 6.07) is 0.779. The smallest absolute Gasteiger partial charge is 0.195 e. The Balaban J connectivity index is 1.89. The number of nitrogens with two attached hydrogens (primary N) is 1. The summed E-state index contributed by atoms with van der Waals surface area (Å²) in [4.78, 5) is 8.36. The van der Waals surface area contributed by atoms with Crippen LogP contribution in [0.15, 0.2) is 11.6 Å². The van der Waals surface area contributed by atoms with Gasteiger partial charge in [-0.3, -0.25) is 4.40 Å². The molecule has 3 rings (SSSR count). The van der Waals surface area contributed by atoms with E-state index in [1.54, 1.807) is 11.3 Å². The molecule has 0 radical (unpaired) electrons. The number of aromatic nitrogens is 2. The number of nitrogens with zero attached hydrogens (tertiary/aromatic N) is 3. The molecule has 0 bridgehead atoms. The van der Waals surface area contributed by atoms with Gasteiger partial charge in [-0.25, -0.2) is 4.98 Å². The normalized spacial score (nSPS) is 24.4. The van der Waals surface area contributed by atoms with E-state index in [1.807, 2.05) is 0 Å². The van der Waals surface area contributed by atoms with Gasteiger partial charge < -0.3 is 10.6 Å². The van der Waals surface area contributed by atoms with E-state index in [2.05, 4.69) is 41.8 Å². The molecule has 21 heavy (non-hydrogen) atoms. The van der Waals surface area contributed by atoms with Crippen molar-refractivity contribution >= 4 is 22.1 Å². The molecule has 116 valence electrons. The summed E-state index contributed by atoms with van der Waals surface area (Å²) in [5.41, 5.74) is 7.32. The highest BCUT2D eigenvalue weighted by molar-refractivity contribution is 7.15. The lowest BCUT2D eigenvalue weighted by atomic mass is 9.87. The maximum absolute atomic E-state index is 6.05. The van der Waals surface area contributed by atoms with E-state index in [0.717, 1.165) is 23.1 Å². The third-order valence-corrected chi connectivity index (χ3v) is 5.48. The van der Waals surface area contributed by atoms with Crippen molar-refractivity contribution in [3.8, 4) is 0 Å². The van der Waals surface area contributed by atoms with Crippen molar-refractivity contribution in [2.45, 2.75) is 58.0 Å². The van der Waals surface area contributed by atoms with Crippen molar-refractivity contribution < 1.29 is 0 Å². The van der Waals surface area contributed by atoms with Crippen LogP contribution in [0.4, 0.5) is 5.82 Å². The lowest BCUT2D eigenvalue weighted by Crippen LogP contribution is -2.36. The van der Waals surface area contributed by atoms with Crippen LogP contribution in [0.25, 0.3) is 4.96 Å². The Morgan fingerprint density at radius 2 is 2.14 bits per heavy atom. The molecule has 1 saturated carbocycles. The largest absolute Gasteiger partial charge is 0.355 e. The molecule has 0 saturated heterocycles. The fourth-order valence-corrected chi connectivity index (χ4v) is 4.13. The minimum absolute atomic E-state index is 0.156. The van der Waals surface area contributed by atoms with Gasteiger partial charge in [0.25, 0.3) is 0 Å². The molecule has 0 aromatic carbocycles. The number of hydrogen-bond acceptors (Lipinski definition) is 4. The molecule has 2 N–H and O–H groups in total. The highest BCUT2D eigenvalue weighted by Gasteiger charge is 2.26. The summed E-state index contributed by atoms with van der Waals surface area (Å²) in [6.45, 7) is 4.43. The molecule has 0 spiro atoms. The fraction of sp³-hybridized carbons (Fsp3) is 0.688. The van der Waals surface area contributed by atoms with Crippen molar-refractivity contribution in [2.24, 2.45) is 11.7 Å². The van der Waals surface area contributed by atoms with Crippen molar-refractivity contribution in [1.82, 2.24) is 9.38 Å². The average molecular weight is 306 g/mol. The van der Waals surface area contributed by atoms with E-state index in [4.69, 9.17) is 10.7 Å². The third kappa shape index (κ3) is 2.94. The van der Waals surface area contributed by atoms with Gasteiger partial charge in [0.05, 0.1) is 5.69 Å². The molecule has 2 aromatic heterocycles. The van der Waals surface area contributed by atoms with Crippen LogP contribution in [0.3, 0.4) is 0 Å². The van der Waals surface area contributed by atoms with Crippen LogP contribution in [0.2, 0.25) is 0 Å². The minimum Gasteiger partial charge on any atom is -0.355 e. The summed E-state index contributed by atoms with van der Waals surface area (Å²) >= 11 is 1.70. The highest BCUT2D eigenvalue weighted by atomic mass is 32.1. The number of imidazole rings is 1. The number of hydrogen-bond donors (Lipinski definition) is 1. The molecule has 1 atom stereocenters. The van der Waals surface area contributed by atoms with Crippen molar-refractivity contribution in [3.05, 3.63) is 17.3 Å². The summed E-state index contributed by atoms with van der Waals surface area (Å²) < 4.78 is 2.21. The average Bonchev–Trinajstić information content (AvgIpc) is 3.01. The molecule has 5 heteroatoms. The van der Waals surface area contributed by atoms with Crippen LogP contribution >= 0.6 is 11.3 Å². The lowest BCUT2D eigenvalue weighted by Gasteiger charge is -2.34. The maximum atomic E-state index is 6.05. The number of anilines is 1. The predicted octanol–water partition coefficient (Wildman–Crippen LogP) is 3.30. The van der Waals surface area contributed by atoms with Gasteiger partial charge in [0.15, 0.2) is 10.8 Å². The molecular weight excluding hydrogens is 280 g/mol. The monoisotopic (exact) mass is 306 g/mol. The van der Waals surface area contributed by atoms with E-state index < -0.39 is 0 Å². The van der Waals surface area contributed by atoms with E-state index in [9.17, 15) is 0 Å². The molecule has 1 unspecified atom stereocenters. The van der Waals surface area contributed by atoms with Gasteiger partial charge in [-0.1, -0.05) is 6.92 Å².